The average molecular weight is 147 g/mol. The maximum absolute atomic E-state index is 10.8. The summed E-state index contributed by atoms with van der Waals surface area (Å²) in [5, 5.41) is 2.69. The Kier molecular flexibility index (Phi) is 4.58. The summed E-state index contributed by atoms with van der Waals surface area (Å²) in [5.74, 6) is 1.11. The standard InChI is InChI=1S/C6H13NOS/c1-4-9-5(2)6(8)7-3/h5H,4H2,1-3H3,(H,7,8)/t5-/m0/s1. The zero-order valence-corrected chi connectivity index (χ0v) is 6.92. The normalized spacial score (nSPS) is 12.8. The summed E-state index contributed by atoms with van der Waals surface area (Å²) in [6.45, 7) is 3.96. The minimum atomic E-state index is 0.0972. The van der Waals surface area contributed by atoms with Gasteiger partial charge in [0.15, 0.2) is 0 Å². The van der Waals surface area contributed by atoms with Crippen LogP contribution in [0.15, 0.2) is 0 Å². The minimum absolute atomic E-state index is 0.0972. The molecule has 0 unspecified atom stereocenters. The van der Waals surface area contributed by atoms with Crippen LogP contribution in [0.5, 0.6) is 0 Å². The van der Waals surface area contributed by atoms with Crippen LogP contribution in [0.1, 0.15) is 13.8 Å². The number of carbonyl (C=O) groups excluding carboxylic acids is 1. The van der Waals surface area contributed by atoms with Crippen molar-refractivity contribution < 1.29 is 4.79 Å². The van der Waals surface area contributed by atoms with E-state index >= 15 is 0 Å². The molecular formula is C6H13NOS. The van der Waals surface area contributed by atoms with E-state index in [0.29, 0.717) is 0 Å². The maximum Gasteiger partial charge on any atom is 0.232 e. The van der Waals surface area contributed by atoms with E-state index in [2.05, 4.69) is 5.32 Å². The highest BCUT2D eigenvalue weighted by Crippen LogP contribution is 2.08. The van der Waals surface area contributed by atoms with Crippen molar-refractivity contribution in [2.45, 2.75) is 19.1 Å². The predicted molar refractivity (Wildman–Crippen MR) is 41.7 cm³/mol. The zero-order valence-electron chi connectivity index (χ0n) is 6.10. The van der Waals surface area contributed by atoms with Gasteiger partial charge in [-0.3, -0.25) is 4.79 Å². The summed E-state index contributed by atoms with van der Waals surface area (Å²) >= 11 is 1.65. The summed E-state index contributed by atoms with van der Waals surface area (Å²) in [7, 11) is 1.66. The van der Waals surface area contributed by atoms with Crippen molar-refractivity contribution in [3.63, 3.8) is 0 Å². The molecule has 0 radical (unpaired) electrons. The van der Waals surface area contributed by atoms with Crippen molar-refractivity contribution in [3.8, 4) is 0 Å². The van der Waals surface area contributed by atoms with Crippen LogP contribution in [0.3, 0.4) is 0 Å². The van der Waals surface area contributed by atoms with Gasteiger partial charge >= 0.3 is 0 Å². The monoisotopic (exact) mass is 147 g/mol. The molecule has 1 amide bonds. The lowest BCUT2D eigenvalue weighted by Gasteiger charge is -2.05. The Morgan fingerprint density at radius 1 is 1.78 bits per heavy atom. The van der Waals surface area contributed by atoms with E-state index in [1.165, 1.54) is 0 Å². The Morgan fingerprint density at radius 3 is 2.67 bits per heavy atom. The second kappa shape index (κ2) is 4.68. The molecule has 0 aromatic heterocycles. The summed E-state index contributed by atoms with van der Waals surface area (Å²) < 4.78 is 0. The average Bonchev–Trinajstić information content (AvgIpc) is 1.87. The van der Waals surface area contributed by atoms with E-state index in [1.807, 2.05) is 13.8 Å². The molecule has 9 heavy (non-hydrogen) atoms. The molecule has 3 heteroatoms. The molecule has 2 nitrogen and oxygen atoms in total. The highest BCUT2D eigenvalue weighted by molar-refractivity contribution is 8.00. The largest absolute Gasteiger partial charge is 0.358 e. The van der Waals surface area contributed by atoms with E-state index < -0.39 is 0 Å². The first-order chi connectivity index (χ1) is 4.22. The lowest BCUT2D eigenvalue weighted by molar-refractivity contribution is -0.119. The fraction of sp³-hybridized carbons (Fsp3) is 0.833. The number of amides is 1. The van der Waals surface area contributed by atoms with E-state index in [9.17, 15) is 4.79 Å². The lowest BCUT2D eigenvalue weighted by atomic mass is 10.4. The van der Waals surface area contributed by atoms with Gasteiger partial charge in [0.25, 0.3) is 0 Å². The smallest absolute Gasteiger partial charge is 0.232 e. The summed E-state index contributed by atoms with van der Waals surface area (Å²) in [6.07, 6.45) is 0. The van der Waals surface area contributed by atoms with Gasteiger partial charge in [-0.05, 0) is 12.7 Å². The Labute approximate surface area is 60.4 Å². The third-order valence-corrected chi connectivity index (χ3v) is 2.08. The molecule has 0 aliphatic heterocycles. The zero-order chi connectivity index (χ0) is 7.28. The molecule has 0 spiro atoms. The molecule has 0 saturated carbocycles. The quantitative estimate of drug-likeness (QED) is 0.642. The number of hydrogen-bond acceptors (Lipinski definition) is 2. The molecule has 0 aliphatic carbocycles. The van der Waals surface area contributed by atoms with Gasteiger partial charge in [0.2, 0.25) is 5.91 Å². The molecule has 0 aromatic carbocycles. The van der Waals surface area contributed by atoms with Gasteiger partial charge < -0.3 is 5.32 Å². The first-order valence-corrected chi connectivity index (χ1v) is 4.10. The minimum Gasteiger partial charge on any atom is -0.358 e. The van der Waals surface area contributed by atoms with Gasteiger partial charge in [0, 0.05) is 7.05 Å². The van der Waals surface area contributed by atoms with Crippen molar-refractivity contribution >= 4 is 17.7 Å². The van der Waals surface area contributed by atoms with E-state index in [0.717, 1.165) is 5.75 Å². The molecule has 54 valence electrons. The molecular weight excluding hydrogens is 134 g/mol. The molecule has 0 heterocycles. The highest BCUT2D eigenvalue weighted by Gasteiger charge is 2.08. The van der Waals surface area contributed by atoms with E-state index in [-0.39, 0.29) is 11.2 Å². The first kappa shape index (κ1) is 8.82. The van der Waals surface area contributed by atoms with Crippen LogP contribution in [0.25, 0.3) is 0 Å². The van der Waals surface area contributed by atoms with Crippen LogP contribution >= 0.6 is 11.8 Å². The van der Waals surface area contributed by atoms with Gasteiger partial charge in [-0.15, -0.1) is 11.8 Å². The van der Waals surface area contributed by atoms with Crippen molar-refractivity contribution in [3.05, 3.63) is 0 Å². The number of hydrogen-bond donors (Lipinski definition) is 1. The molecule has 0 rings (SSSR count). The van der Waals surface area contributed by atoms with Crippen LogP contribution < -0.4 is 5.32 Å². The summed E-state index contributed by atoms with van der Waals surface area (Å²) in [5.41, 5.74) is 0. The molecule has 0 aromatic rings. The van der Waals surface area contributed by atoms with Crippen molar-refractivity contribution in [1.82, 2.24) is 5.32 Å². The van der Waals surface area contributed by atoms with Gasteiger partial charge in [0.05, 0.1) is 5.25 Å². The van der Waals surface area contributed by atoms with Gasteiger partial charge in [-0.2, -0.15) is 0 Å². The molecule has 0 aliphatic rings. The Morgan fingerprint density at radius 2 is 2.33 bits per heavy atom. The Bertz CT molecular complexity index is 95.1. The first-order valence-electron chi connectivity index (χ1n) is 3.05. The third kappa shape index (κ3) is 3.40. The predicted octanol–water partition coefficient (Wildman–Crippen LogP) is 0.874. The second-order valence-corrected chi connectivity index (χ2v) is 3.33. The van der Waals surface area contributed by atoms with Crippen LogP contribution in [0, 0.1) is 0 Å². The number of rotatable bonds is 3. The van der Waals surface area contributed by atoms with Crippen LogP contribution in [0.2, 0.25) is 0 Å². The van der Waals surface area contributed by atoms with Crippen molar-refractivity contribution in [1.29, 1.82) is 0 Å². The second-order valence-electron chi connectivity index (χ2n) is 1.71. The van der Waals surface area contributed by atoms with Crippen LogP contribution in [-0.4, -0.2) is 24.0 Å². The van der Waals surface area contributed by atoms with E-state index in [4.69, 9.17) is 0 Å². The number of nitrogens with one attached hydrogen (secondary N) is 1. The van der Waals surface area contributed by atoms with Crippen molar-refractivity contribution in [2.24, 2.45) is 0 Å². The summed E-state index contributed by atoms with van der Waals surface area (Å²) in [4.78, 5) is 10.8. The van der Waals surface area contributed by atoms with Gasteiger partial charge in [0.1, 0.15) is 0 Å². The molecule has 1 atom stereocenters. The van der Waals surface area contributed by atoms with Crippen LogP contribution in [-0.2, 0) is 4.79 Å². The molecule has 0 fully saturated rings. The molecule has 1 N–H and O–H groups in total. The number of thioether (sulfide) groups is 1. The topological polar surface area (TPSA) is 29.1 Å². The molecule has 0 saturated heterocycles. The maximum atomic E-state index is 10.8. The highest BCUT2D eigenvalue weighted by atomic mass is 32.2. The fourth-order valence-electron chi connectivity index (χ4n) is 0.529. The SMILES string of the molecule is CCS[C@@H](C)C(=O)NC. The van der Waals surface area contributed by atoms with Crippen molar-refractivity contribution in [2.75, 3.05) is 12.8 Å². The van der Waals surface area contributed by atoms with E-state index in [1.54, 1.807) is 18.8 Å². The van der Waals surface area contributed by atoms with Gasteiger partial charge in [-0.1, -0.05) is 6.92 Å². The Hall–Kier alpha value is -0.180. The number of carbonyl (C=O) groups is 1. The Balaban J connectivity index is 3.45. The fourth-order valence-corrected chi connectivity index (χ4v) is 1.30. The lowest BCUT2D eigenvalue weighted by Crippen LogP contribution is -2.27. The molecule has 0 bridgehead atoms. The van der Waals surface area contributed by atoms with Crippen LogP contribution in [0.4, 0.5) is 0 Å². The van der Waals surface area contributed by atoms with Gasteiger partial charge in [-0.25, -0.2) is 0 Å². The third-order valence-electron chi connectivity index (χ3n) is 1.03. The summed E-state index contributed by atoms with van der Waals surface area (Å²) in [6, 6.07) is 0.